The number of rotatable bonds is 5. The molecule has 0 unspecified atom stereocenters. The summed E-state index contributed by atoms with van der Waals surface area (Å²) in [5, 5.41) is 8.91. The van der Waals surface area contributed by atoms with Gasteiger partial charge in [-0.15, -0.1) is 22.7 Å². The Balaban J connectivity index is 1.50. The van der Waals surface area contributed by atoms with Gasteiger partial charge in [0.1, 0.15) is 34.3 Å². The molecule has 0 aromatic carbocycles. The molecule has 3 rings (SSSR count). The summed E-state index contributed by atoms with van der Waals surface area (Å²) < 4.78 is 4.90. The van der Waals surface area contributed by atoms with Crippen molar-refractivity contribution >= 4 is 44.7 Å². The van der Waals surface area contributed by atoms with E-state index in [0.29, 0.717) is 18.7 Å². The summed E-state index contributed by atoms with van der Waals surface area (Å²) in [5.41, 5.74) is 0.699. The van der Waals surface area contributed by atoms with E-state index in [2.05, 4.69) is 32.1 Å². The minimum Gasteiger partial charge on any atom is -0.458 e. The van der Waals surface area contributed by atoms with Gasteiger partial charge in [0.25, 0.3) is 0 Å². The van der Waals surface area contributed by atoms with Crippen LogP contribution in [-0.2, 0) is 16.1 Å². The number of esters is 1. The molecule has 0 aliphatic heterocycles. The molecule has 0 fully saturated rings. The summed E-state index contributed by atoms with van der Waals surface area (Å²) in [5.74, 6) is 6.61. The van der Waals surface area contributed by atoms with Crippen LogP contribution >= 0.6 is 22.7 Å². The third kappa shape index (κ3) is 4.28. The van der Waals surface area contributed by atoms with E-state index >= 15 is 0 Å². The minimum atomic E-state index is -0.312. The number of hydrogen-bond acceptors (Lipinski definition) is 8. The highest BCUT2D eigenvalue weighted by atomic mass is 32.1. The van der Waals surface area contributed by atoms with Crippen molar-refractivity contribution in [3.8, 4) is 11.8 Å². The van der Waals surface area contributed by atoms with Gasteiger partial charge >= 0.3 is 5.97 Å². The van der Waals surface area contributed by atoms with Gasteiger partial charge in [-0.25, -0.2) is 15.0 Å². The first-order chi connectivity index (χ1) is 11.7. The molecule has 3 aromatic rings. The lowest BCUT2D eigenvalue weighted by Crippen LogP contribution is -2.02. The standard InChI is InChI=1S/C16H14N4O2S2/c1-11(21)22-8-14-20-12(9-24-14)4-2-3-6-17-15-13-5-7-23-16(13)19-10-18-15/h5,7,9-10H,3,6,8H2,1H3,(H,17,18,19). The first-order valence-corrected chi connectivity index (χ1v) is 8.97. The lowest BCUT2D eigenvalue weighted by atomic mass is 10.3. The topological polar surface area (TPSA) is 77.0 Å². The molecule has 0 saturated carbocycles. The minimum absolute atomic E-state index is 0.202. The summed E-state index contributed by atoms with van der Waals surface area (Å²) in [6.07, 6.45) is 2.24. The van der Waals surface area contributed by atoms with Gasteiger partial charge in [-0.3, -0.25) is 4.79 Å². The average Bonchev–Trinajstić information content (AvgIpc) is 3.22. The molecule has 3 aromatic heterocycles. The second kappa shape index (κ2) is 7.86. The van der Waals surface area contributed by atoms with Gasteiger partial charge in [0.2, 0.25) is 0 Å². The van der Waals surface area contributed by atoms with Gasteiger partial charge in [0.15, 0.2) is 0 Å². The number of carbonyl (C=O) groups excluding carboxylic acids is 1. The first-order valence-electron chi connectivity index (χ1n) is 7.21. The number of thiophene rings is 1. The van der Waals surface area contributed by atoms with Crippen molar-refractivity contribution in [3.63, 3.8) is 0 Å². The lowest BCUT2D eigenvalue weighted by Gasteiger charge is -2.03. The summed E-state index contributed by atoms with van der Waals surface area (Å²) in [7, 11) is 0. The number of hydrogen-bond donors (Lipinski definition) is 1. The smallest absolute Gasteiger partial charge is 0.303 e. The second-order valence-corrected chi connectivity index (χ2v) is 6.58. The van der Waals surface area contributed by atoms with Gasteiger partial charge in [-0.1, -0.05) is 5.92 Å². The molecule has 0 aliphatic rings. The van der Waals surface area contributed by atoms with E-state index in [1.165, 1.54) is 18.3 Å². The number of carbonyl (C=O) groups is 1. The predicted octanol–water partition coefficient (Wildman–Crippen LogP) is 3.06. The molecule has 24 heavy (non-hydrogen) atoms. The Labute approximate surface area is 146 Å². The van der Waals surface area contributed by atoms with Gasteiger partial charge < -0.3 is 10.1 Å². The Bertz CT molecular complexity index is 907. The van der Waals surface area contributed by atoms with E-state index in [4.69, 9.17) is 4.74 Å². The van der Waals surface area contributed by atoms with Crippen LogP contribution in [0.1, 0.15) is 24.0 Å². The number of fused-ring (bicyclic) bond motifs is 1. The van der Waals surface area contributed by atoms with Crippen molar-refractivity contribution in [1.29, 1.82) is 0 Å². The molecule has 3 heterocycles. The molecule has 0 bridgehead atoms. The molecule has 0 atom stereocenters. The monoisotopic (exact) mass is 358 g/mol. The van der Waals surface area contributed by atoms with Gasteiger partial charge in [-0.2, -0.15) is 0 Å². The Hall–Kier alpha value is -2.50. The fraction of sp³-hybridized carbons (Fsp3) is 0.250. The zero-order valence-electron chi connectivity index (χ0n) is 12.9. The molecule has 0 radical (unpaired) electrons. The predicted molar refractivity (Wildman–Crippen MR) is 95.0 cm³/mol. The van der Waals surface area contributed by atoms with Crippen molar-refractivity contribution < 1.29 is 9.53 Å². The van der Waals surface area contributed by atoms with E-state index in [0.717, 1.165) is 21.0 Å². The Kier molecular flexibility index (Phi) is 5.36. The van der Waals surface area contributed by atoms with E-state index in [-0.39, 0.29) is 12.6 Å². The van der Waals surface area contributed by atoms with Crippen LogP contribution in [0.5, 0.6) is 0 Å². The number of nitrogens with zero attached hydrogens (tertiary/aromatic N) is 3. The van der Waals surface area contributed by atoms with E-state index < -0.39 is 0 Å². The molecule has 1 N–H and O–H groups in total. The summed E-state index contributed by atoms with van der Waals surface area (Å²) in [4.78, 5) is 24.5. The number of ether oxygens (including phenoxy) is 1. The maximum absolute atomic E-state index is 10.8. The van der Waals surface area contributed by atoms with Crippen molar-refractivity contribution in [3.05, 3.63) is 33.9 Å². The molecule has 0 saturated heterocycles. The van der Waals surface area contributed by atoms with Crippen LogP contribution < -0.4 is 5.32 Å². The SMILES string of the molecule is CC(=O)OCc1nc(C#CCCNc2ncnc3sccc23)cs1. The number of aromatic nitrogens is 3. The van der Waals surface area contributed by atoms with Crippen molar-refractivity contribution in [2.24, 2.45) is 0 Å². The van der Waals surface area contributed by atoms with E-state index in [9.17, 15) is 4.79 Å². The average molecular weight is 358 g/mol. The van der Waals surface area contributed by atoms with Gasteiger partial charge in [0.05, 0.1) is 5.39 Å². The molecular formula is C16H14N4O2S2. The number of anilines is 1. The third-order valence-electron chi connectivity index (χ3n) is 2.97. The Morgan fingerprint density at radius 3 is 3.17 bits per heavy atom. The molecule has 0 aliphatic carbocycles. The summed E-state index contributed by atoms with van der Waals surface area (Å²) in [6, 6.07) is 2.01. The lowest BCUT2D eigenvalue weighted by molar-refractivity contribution is -0.142. The largest absolute Gasteiger partial charge is 0.458 e. The Morgan fingerprint density at radius 1 is 1.38 bits per heavy atom. The maximum Gasteiger partial charge on any atom is 0.303 e. The van der Waals surface area contributed by atoms with Crippen LogP contribution in [0.2, 0.25) is 0 Å². The molecule has 0 spiro atoms. The molecule has 122 valence electrons. The number of nitrogens with one attached hydrogen (secondary N) is 1. The van der Waals surface area contributed by atoms with Crippen LogP contribution in [0.3, 0.4) is 0 Å². The zero-order valence-corrected chi connectivity index (χ0v) is 14.5. The number of thiazole rings is 1. The van der Waals surface area contributed by atoms with Gasteiger partial charge in [0, 0.05) is 25.3 Å². The molecular weight excluding hydrogens is 344 g/mol. The first kappa shape index (κ1) is 16.4. The Morgan fingerprint density at radius 2 is 2.29 bits per heavy atom. The highest BCUT2D eigenvalue weighted by molar-refractivity contribution is 7.16. The van der Waals surface area contributed by atoms with Crippen LogP contribution in [0.4, 0.5) is 5.82 Å². The fourth-order valence-corrected chi connectivity index (χ4v) is 3.30. The van der Waals surface area contributed by atoms with Crippen LogP contribution in [0, 0.1) is 11.8 Å². The molecule has 8 heteroatoms. The fourth-order valence-electron chi connectivity index (χ4n) is 1.93. The van der Waals surface area contributed by atoms with Crippen molar-refractivity contribution in [1.82, 2.24) is 15.0 Å². The van der Waals surface area contributed by atoms with Crippen molar-refractivity contribution in [2.75, 3.05) is 11.9 Å². The van der Waals surface area contributed by atoms with E-state index in [1.807, 2.05) is 16.8 Å². The summed E-state index contributed by atoms with van der Waals surface area (Å²) in [6.45, 7) is 2.27. The molecule has 0 amide bonds. The second-order valence-electron chi connectivity index (χ2n) is 4.75. The van der Waals surface area contributed by atoms with Crippen LogP contribution in [0.25, 0.3) is 10.2 Å². The summed E-state index contributed by atoms with van der Waals surface area (Å²) >= 11 is 3.03. The highest BCUT2D eigenvalue weighted by Gasteiger charge is 2.03. The normalized spacial score (nSPS) is 10.2. The van der Waals surface area contributed by atoms with Gasteiger partial charge in [-0.05, 0) is 17.4 Å². The molecule has 6 nitrogen and oxygen atoms in total. The van der Waals surface area contributed by atoms with E-state index in [1.54, 1.807) is 17.7 Å². The van der Waals surface area contributed by atoms with Crippen LogP contribution in [0.15, 0.2) is 23.2 Å². The zero-order chi connectivity index (χ0) is 16.8. The quantitative estimate of drug-likeness (QED) is 0.429. The third-order valence-corrected chi connectivity index (χ3v) is 4.61. The highest BCUT2D eigenvalue weighted by Crippen LogP contribution is 2.23. The maximum atomic E-state index is 10.8. The van der Waals surface area contributed by atoms with Crippen LogP contribution in [-0.4, -0.2) is 27.5 Å². The van der Waals surface area contributed by atoms with Crippen molar-refractivity contribution in [2.45, 2.75) is 20.0 Å².